The number of fused-ring (bicyclic) bond motifs is 2. The van der Waals surface area contributed by atoms with E-state index in [9.17, 15) is 0 Å². The van der Waals surface area contributed by atoms with Gasteiger partial charge >= 0.3 is 0 Å². The quantitative estimate of drug-likeness (QED) is 0.426. The average Bonchev–Trinajstić information content (AvgIpc) is 2.93. The van der Waals surface area contributed by atoms with Crippen molar-refractivity contribution in [2.75, 3.05) is 0 Å². The maximum Gasteiger partial charge on any atom is 0.192 e. The monoisotopic (exact) mass is 432 g/mol. The van der Waals surface area contributed by atoms with Crippen LogP contribution in [-0.4, -0.2) is 45.0 Å². The highest BCUT2D eigenvalue weighted by Crippen LogP contribution is 2.34. The van der Waals surface area contributed by atoms with Crippen LogP contribution in [0.2, 0.25) is 0 Å². The van der Waals surface area contributed by atoms with E-state index in [4.69, 9.17) is 9.73 Å². The third kappa shape index (κ3) is 3.78. The lowest BCUT2D eigenvalue weighted by atomic mass is 9.96. The normalized spacial score (nSPS) is 29.5. The lowest BCUT2D eigenvalue weighted by Crippen LogP contribution is -2.48. The van der Waals surface area contributed by atoms with Crippen LogP contribution in [-0.2, 0) is 18.3 Å². The Kier molecular flexibility index (Phi) is 5.10. The number of aryl methyl sites for hydroxylation is 1. The molecule has 1 aromatic rings. The van der Waals surface area contributed by atoms with Crippen molar-refractivity contribution in [3.05, 3.63) is 11.6 Å². The minimum absolute atomic E-state index is 0. The number of aromatic nitrogens is 3. The lowest BCUT2D eigenvalue weighted by molar-refractivity contribution is 0.0992. The first-order valence-corrected chi connectivity index (χ1v) is 8.27. The molecule has 7 nitrogen and oxygen atoms in total. The van der Waals surface area contributed by atoms with Crippen molar-refractivity contribution < 1.29 is 4.74 Å². The number of guanidine groups is 1. The van der Waals surface area contributed by atoms with Gasteiger partial charge in [-0.3, -0.25) is 0 Å². The van der Waals surface area contributed by atoms with Gasteiger partial charge in [-0.1, -0.05) is 0 Å². The van der Waals surface area contributed by atoms with Crippen LogP contribution in [0.5, 0.6) is 0 Å². The van der Waals surface area contributed by atoms with Gasteiger partial charge in [-0.2, -0.15) is 0 Å². The second-order valence-corrected chi connectivity index (χ2v) is 6.67. The molecule has 3 fully saturated rings. The van der Waals surface area contributed by atoms with E-state index in [0.29, 0.717) is 30.8 Å². The summed E-state index contributed by atoms with van der Waals surface area (Å²) in [6, 6.07) is 0.969. The molecule has 2 bridgehead atoms. The highest BCUT2D eigenvalue weighted by Gasteiger charge is 2.41. The molecule has 2 N–H and O–H groups in total. The molecule has 0 spiro atoms. The Morgan fingerprint density at radius 3 is 2.65 bits per heavy atom. The van der Waals surface area contributed by atoms with E-state index in [2.05, 4.69) is 20.8 Å². The van der Waals surface area contributed by atoms with Crippen LogP contribution in [0, 0.1) is 6.92 Å². The topological polar surface area (TPSA) is 76.4 Å². The zero-order valence-electron chi connectivity index (χ0n) is 13.7. The molecule has 1 aromatic heterocycles. The molecule has 2 saturated heterocycles. The first-order chi connectivity index (χ1) is 10.7. The highest BCUT2D eigenvalue weighted by atomic mass is 127. The van der Waals surface area contributed by atoms with Crippen molar-refractivity contribution >= 4 is 29.9 Å². The minimum atomic E-state index is 0. The smallest absolute Gasteiger partial charge is 0.192 e. The van der Waals surface area contributed by atoms with E-state index >= 15 is 0 Å². The van der Waals surface area contributed by atoms with E-state index in [0.717, 1.165) is 24.0 Å². The molecule has 0 amide bonds. The number of nitrogens with zero attached hydrogens (tertiary/aromatic N) is 4. The van der Waals surface area contributed by atoms with Gasteiger partial charge in [-0.15, -0.1) is 34.2 Å². The first kappa shape index (κ1) is 16.9. The molecular formula is C15H25IN6O. The number of aliphatic imine (C=N–C) groups is 1. The molecule has 1 aliphatic carbocycles. The molecule has 4 rings (SSSR count). The Hall–Kier alpha value is -0.900. The predicted octanol–water partition coefficient (Wildman–Crippen LogP) is 1.26. The van der Waals surface area contributed by atoms with Crippen LogP contribution in [0.15, 0.2) is 4.99 Å². The standard InChI is InChI=1S/C15H24N6O.HI/c1-9-19-20-14(21(9)2)8-16-15(17-10-3-4-10)18-12-7-11-5-6-13(12)22-11;/h10-13H,3-8H2,1-2H3,(H2,16,17,18);1H. The number of ether oxygens (including phenoxy) is 1. The molecule has 128 valence electrons. The summed E-state index contributed by atoms with van der Waals surface area (Å²) in [5.74, 6) is 2.69. The fourth-order valence-electron chi connectivity index (χ4n) is 3.26. The number of hydrogen-bond donors (Lipinski definition) is 2. The third-order valence-electron chi connectivity index (χ3n) is 4.91. The van der Waals surface area contributed by atoms with E-state index in [-0.39, 0.29) is 24.0 Å². The summed E-state index contributed by atoms with van der Waals surface area (Å²) in [5.41, 5.74) is 0. The van der Waals surface area contributed by atoms with Crippen molar-refractivity contribution in [2.45, 2.75) is 69.9 Å². The second kappa shape index (κ2) is 6.92. The van der Waals surface area contributed by atoms with Gasteiger partial charge in [0.1, 0.15) is 12.4 Å². The zero-order chi connectivity index (χ0) is 15.1. The zero-order valence-corrected chi connectivity index (χ0v) is 16.0. The number of rotatable bonds is 4. The van der Waals surface area contributed by atoms with E-state index in [1.165, 1.54) is 25.7 Å². The van der Waals surface area contributed by atoms with Crippen LogP contribution in [0.4, 0.5) is 0 Å². The molecule has 3 aliphatic rings. The van der Waals surface area contributed by atoms with E-state index in [1.807, 2.05) is 18.5 Å². The molecule has 3 atom stereocenters. The number of hydrogen-bond acceptors (Lipinski definition) is 4. The van der Waals surface area contributed by atoms with Gasteiger partial charge in [0.2, 0.25) is 0 Å². The van der Waals surface area contributed by atoms with Gasteiger partial charge in [0.05, 0.1) is 18.2 Å². The summed E-state index contributed by atoms with van der Waals surface area (Å²) in [6.45, 7) is 2.50. The molecule has 0 aromatic carbocycles. The largest absolute Gasteiger partial charge is 0.373 e. The van der Waals surface area contributed by atoms with E-state index < -0.39 is 0 Å². The fourth-order valence-corrected chi connectivity index (χ4v) is 3.26. The summed E-state index contributed by atoms with van der Waals surface area (Å²) >= 11 is 0. The molecule has 3 unspecified atom stereocenters. The van der Waals surface area contributed by atoms with Gasteiger partial charge < -0.3 is 19.9 Å². The van der Waals surface area contributed by atoms with Crippen LogP contribution in [0.25, 0.3) is 0 Å². The Balaban J connectivity index is 0.00000156. The highest BCUT2D eigenvalue weighted by molar-refractivity contribution is 14.0. The third-order valence-corrected chi connectivity index (χ3v) is 4.91. The molecular weight excluding hydrogens is 407 g/mol. The summed E-state index contributed by atoms with van der Waals surface area (Å²) < 4.78 is 7.90. The Labute approximate surface area is 153 Å². The molecule has 2 aliphatic heterocycles. The molecule has 8 heteroatoms. The van der Waals surface area contributed by atoms with Gasteiger partial charge in [0.25, 0.3) is 0 Å². The Morgan fingerprint density at radius 2 is 2.09 bits per heavy atom. The van der Waals surface area contributed by atoms with Crippen molar-refractivity contribution in [1.29, 1.82) is 0 Å². The summed E-state index contributed by atoms with van der Waals surface area (Å²) in [4.78, 5) is 4.71. The van der Waals surface area contributed by atoms with Gasteiger partial charge in [-0.25, -0.2) is 4.99 Å². The first-order valence-electron chi connectivity index (χ1n) is 8.27. The Bertz CT molecular complexity index is 585. The molecule has 3 heterocycles. The van der Waals surface area contributed by atoms with E-state index in [1.54, 1.807) is 0 Å². The minimum Gasteiger partial charge on any atom is -0.373 e. The van der Waals surface area contributed by atoms with Crippen LogP contribution in [0.1, 0.15) is 43.8 Å². The summed E-state index contributed by atoms with van der Waals surface area (Å²) in [7, 11) is 1.98. The van der Waals surface area contributed by atoms with Crippen molar-refractivity contribution in [1.82, 2.24) is 25.4 Å². The summed E-state index contributed by atoms with van der Waals surface area (Å²) in [5, 5.41) is 15.3. The second-order valence-electron chi connectivity index (χ2n) is 6.67. The van der Waals surface area contributed by atoms with Gasteiger partial charge in [-0.05, 0) is 39.0 Å². The van der Waals surface area contributed by atoms with Crippen LogP contribution in [0.3, 0.4) is 0 Å². The SMILES string of the molecule is Cc1nnc(CN=C(NC2CC2)NC2CC3CCC2O3)n1C.I. The number of halogens is 1. The molecule has 23 heavy (non-hydrogen) atoms. The van der Waals surface area contributed by atoms with Gasteiger partial charge in [0, 0.05) is 13.1 Å². The van der Waals surface area contributed by atoms with Crippen molar-refractivity contribution in [3.8, 4) is 0 Å². The lowest BCUT2D eigenvalue weighted by Gasteiger charge is -2.22. The Morgan fingerprint density at radius 1 is 1.26 bits per heavy atom. The molecule has 1 saturated carbocycles. The van der Waals surface area contributed by atoms with Crippen LogP contribution >= 0.6 is 24.0 Å². The van der Waals surface area contributed by atoms with Crippen molar-refractivity contribution in [2.24, 2.45) is 12.0 Å². The molecule has 0 radical (unpaired) electrons. The fraction of sp³-hybridized carbons (Fsp3) is 0.800. The predicted molar refractivity (Wildman–Crippen MR) is 97.9 cm³/mol. The average molecular weight is 432 g/mol. The maximum absolute atomic E-state index is 5.92. The number of nitrogens with one attached hydrogen (secondary N) is 2. The van der Waals surface area contributed by atoms with Crippen LogP contribution < -0.4 is 10.6 Å². The maximum atomic E-state index is 5.92. The summed E-state index contributed by atoms with van der Waals surface area (Å²) in [6.07, 6.45) is 6.75. The van der Waals surface area contributed by atoms with Gasteiger partial charge in [0.15, 0.2) is 11.8 Å². The van der Waals surface area contributed by atoms with Crippen molar-refractivity contribution in [3.63, 3.8) is 0 Å².